The summed E-state index contributed by atoms with van der Waals surface area (Å²) in [5.74, 6) is -0.223. The molecular weight excluding hydrogens is 230 g/mol. The monoisotopic (exact) mass is 239 g/mol. The van der Waals surface area contributed by atoms with Crippen molar-refractivity contribution in [1.29, 1.82) is 5.26 Å². The molecule has 0 bridgehead atoms. The Kier molecular flexibility index (Phi) is 3.21. The summed E-state index contributed by atoms with van der Waals surface area (Å²) in [5.41, 5.74) is 0.579. The molecule has 5 nitrogen and oxygen atoms in total. The largest absolute Gasteiger partial charge is 0.508 e. The number of hydrogen-bond acceptors (Lipinski definition) is 4. The number of hydrogen-bond donors (Lipinski definition) is 2. The molecule has 18 heavy (non-hydrogen) atoms. The molecule has 1 heterocycles. The van der Waals surface area contributed by atoms with Crippen LogP contribution in [0.15, 0.2) is 42.6 Å². The second kappa shape index (κ2) is 4.97. The lowest BCUT2D eigenvalue weighted by atomic mass is 10.2. The summed E-state index contributed by atoms with van der Waals surface area (Å²) in [6.45, 7) is 0. The number of aromatic hydroxyl groups is 1. The van der Waals surface area contributed by atoms with E-state index in [0.29, 0.717) is 5.56 Å². The van der Waals surface area contributed by atoms with E-state index in [2.05, 4.69) is 10.3 Å². The van der Waals surface area contributed by atoms with Crippen molar-refractivity contribution in [2.24, 2.45) is 0 Å². The van der Waals surface area contributed by atoms with Gasteiger partial charge >= 0.3 is 0 Å². The fourth-order valence-corrected chi connectivity index (χ4v) is 1.42. The van der Waals surface area contributed by atoms with Gasteiger partial charge in [0, 0.05) is 11.8 Å². The predicted octanol–water partition coefficient (Wildman–Crippen LogP) is 1.91. The van der Waals surface area contributed by atoms with E-state index in [1.807, 2.05) is 6.07 Å². The maximum absolute atomic E-state index is 11.9. The van der Waals surface area contributed by atoms with Crippen LogP contribution in [-0.2, 0) is 0 Å². The molecule has 1 aromatic carbocycles. The highest BCUT2D eigenvalue weighted by Gasteiger charge is 2.10. The molecule has 0 unspecified atom stereocenters. The number of nitrogens with one attached hydrogen (secondary N) is 1. The topological polar surface area (TPSA) is 86.0 Å². The van der Waals surface area contributed by atoms with E-state index in [1.165, 1.54) is 18.3 Å². The van der Waals surface area contributed by atoms with Crippen LogP contribution in [0.2, 0.25) is 0 Å². The number of carbonyl (C=O) groups is 1. The van der Waals surface area contributed by atoms with Crippen LogP contribution in [0, 0.1) is 11.3 Å². The van der Waals surface area contributed by atoms with Gasteiger partial charge in [-0.25, -0.2) is 4.98 Å². The fourth-order valence-electron chi connectivity index (χ4n) is 1.42. The Labute approximate surface area is 103 Å². The second-order valence-corrected chi connectivity index (χ2v) is 3.52. The standard InChI is InChI=1S/C13H9N3O2/c14-8-10-4-2-6-15-12(10)16-13(18)9-3-1-5-11(17)7-9/h1-7,17H,(H,15,16,18). The number of carbonyl (C=O) groups excluding carboxylic acids is 1. The summed E-state index contributed by atoms with van der Waals surface area (Å²) < 4.78 is 0. The average molecular weight is 239 g/mol. The minimum Gasteiger partial charge on any atom is -0.508 e. The Hall–Kier alpha value is -2.87. The summed E-state index contributed by atoms with van der Waals surface area (Å²) in [6.07, 6.45) is 1.49. The number of phenols is 1. The van der Waals surface area contributed by atoms with E-state index < -0.39 is 5.91 Å². The number of amides is 1. The van der Waals surface area contributed by atoms with Crippen LogP contribution in [-0.4, -0.2) is 16.0 Å². The first-order valence-electron chi connectivity index (χ1n) is 5.16. The zero-order chi connectivity index (χ0) is 13.0. The summed E-state index contributed by atoms with van der Waals surface area (Å²) >= 11 is 0. The molecular formula is C13H9N3O2. The van der Waals surface area contributed by atoms with Gasteiger partial charge in [0.25, 0.3) is 5.91 Å². The van der Waals surface area contributed by atoms with Crippen LogP contribution in [0.1, 0.15) is 15.9 Å². The van der Waals surface area contributed by atoms with Gasteiger partial charge in [0.15, 0.2) is 5.82 Å². The van der Waals surface area contributed by atoms with Crippen LogP contribution < -0.4 is 5.32 Å². The zero-order valence-corrected chi connectivity index (χ0v) is 9.29. The molecule has 1 amide bonds. The van der Waals surface area contributed by atoms with Gasteiger partial charge in [-0.1, -0.05) is 6.07 Å². The fraction of sp³-hybridized carbons (Fsp3) is 0. The number of phenolic OH excluding ortho intramolecular Hbond substituents is 1. The molecule has 0 fully saturated rings. The van der Waals surface area contributed by atoms with E-state index in [9.17, 15) is 9.90 Å². The molecule has 2 N–H and O–H groups in total. The van der Waals surface area contributed by atoms with Crippen molar-refractivity contribution in [2.75, 3.05) is 5.32 Å². The molecule has 0 aliphatic rings. The highest BCUT2D eigenvalue weighted by molar-refractivity contribution is 6.04. The van der Waals surface area contributed by atoms with Crippen LogP contribution in [0.5, 0.6) is 5.75 Å². The third kappa shape index (κ3) is 2.44. The van der Waals surface area contributed by atoms with Crippen molar-refractivity contribution in [2.45, 2.75) is 0 Å². The van der Waals surface area contributed by atoms with Crippen molar-refractivity contribution in [3.63, 3.8) is 0 Å². The lowest BCUT2D eigenvalue weighted by Gasteiger charge is -2.05. The van der Waals surface area contributed by atoms with E-state index in [-0.39, 0.29) is 17.1 Å². The smallest absolute Gasteiger partial charge is 0.256 e. The van der Waals surface area contributed by atoms with Crippen molar-refractivity contribution in [1.82, 2.24) is 4.98 Å². The van der Waals surface area contributed by atoms with E-state index in [1.54, 1.807) is 24.3 Å². The van der Waals surface area contributed by atoms with Gasteiger partial charge in [0.1, 0.15) is 11.8 Å². The first-order chi connectivity index (χ1) is 8.70. The zero-order valence-electron chi connectivity index (χ0n) is 9.29. The number of nitriles is 1. The van der Waals surface area contributed by atoms with E-state index >= 15 is 0 Å². The average Bonchev–Trinajstić information content (AvgIpc) is 2.39. The molecule has 1 aromatic heterocycles. The van der Waals surface area contributed by atoms with Crippen LogP contribution in [0.3, 0.4) is 0 Å². The molecule has 0 saturated heterocycles. The highest BCUT2D eigenvalue weighted by Crippen LogP contribution is 2.14. The van der Waals surface area contributed by atoms with E-state index in [0.717, 1.165) is 0 Å². The molecule has 0 aliphatic carbocycles. The quantitative estimate of drug-likeness (QED) is 0.838. The van der Waals surface area contributed by atoms with Gasteiger partial charge in [-0.05, 0) is 30.3 Å². The maximum Gasteiger partial charge on any atom is 0.256 e. The van der Waals surface area contributed by atoms with Crippen molar-refractivity contribution >= 4 is 11.7 Å². The number of benzene rings is 1. The first-order valence-corrected chi connectivity index (χ1v) is 5.16. The molecule has 0 saturated carbocycles. The summed E-state index contributed by atoms with van der Waals surface area (Å²) in [7, 11) is 0. The van der Waals surface area contributed by atoms with Crippen molar-refractivity contribution < 1.29 is 9.90 Å². The normalized spacial score (nSPS) is 9.50. The van der Waals surface area contributed by atoms with Gasteiger partial charge in [0.2, 0.25) is 0 Å². The maximum atomic E-state index is 11.9. The van der Waals surface area contributed by atoms with Crippen LogP contribution >= 0.6 is 0 Å². The molecule has 2 rings (SSSR count). The number of rotatable bonds is 2. The third-order valence-corrected chi connectivity index (χ3v) is 2.27. The molecule has 0 atom stereocenters. The lowest BCUT2D eigenvalue weighted by molar-refractivity contribution is 0.102. The Balaban J connectivity index is 2.25. The SMILES string of the molecule is N#Cc1cccnc1NC(=O)c1cccc(O)c1. The van der Waals surface area contributed by atoms with Gasteiger partial charge < -0.3 is 10.4 Å². The highest BCUT2D eigenvalue weighted by atomic mass is 16.3. The van der Waals surface area contributed by atoms with Gasteiger partial charge in [-0.3, -0.25) is 4.79 Å². The Morgan fingerprint density at radius 3 is 2.89 bits per heavy atom. The van der Waals surface area contributed by atoms with Crippen molar-refractivity contribution in [3.05, 3.63) is 53.7 Å². The van der Waals surface area contributed by atoms with Gasteiger partial charge in [0.05, 0.1) is 5.56 Å². The molecule has 88 valence electrons. The number of anilines is 1. The van der Waals surface area contributed by atoms with Crippen molar-refractivity contribution in [3.8, 4) is 11.8 Å². The number of nitrogens with zero attached hydrogens (tertiary/aromatic N) is 2. The molecule has 0 spiro atoms. The number of pyridine rings is 1. The van der Waals surface area contributed by atoms with Crippen LogP contribution in [0.25, 0.3) is 0 Å². The second-order valence-electron chi connectivity index (χ2n) is 3.52. The lowest BCUT2D eigenvalue weighted by Crippen LogP contribution is -2.13. The molecule has 0 radical (unpaired) electrons. The Morgan fingerprint density at radius 1 is 1.33 bits per heavy atom. The Bertz CT molecular complexity index is 632. The molecule has 5 heteroatoms. The predicted molar refractivity (Wildman–Crippen MR) is 65.0 cm³/mol. The van der Waals surface area contributed by atoms with Gasteiger partial charge in [-0.2, -0.15) is 5.26 Å². The number of aromatic nitrogens is 1. The minimum atomic E-state index is -0.430. The summed E-state index contributed by atoms with van der Waals surface area (Å²) in [4.78, 5) is 15.8. The molecule has 0 aliphatic heterocycles. The van der Waals surface area contributed by atoms with Gasteiger partial charge in [-0.15, -0.1) is 0 Å². The summed E-state index contributed by atoms with van der Waals surface area (Å²) in [6, 6.07) is 11.0. The summed E-state index contributed by atoms with van der Waals surface area (Å²) in [5, 5.41) is 20.7. The Morgan fingerprint density at radius 2 is 2.17 bits per heavy atom. The van der Waals surface area contributed by atoms with Crippen LogP contribution in [0.4, 0.5) is 5.82 Å². The third-order valence-electron chi connectivity index (χ3n) is 2.27. The molecule has 2 aromatic rings. The minimum absolute atomic E-state index is 0.00387. The first kappa shape index (κ1) is 11.6. The van der Waals surface area contributed by atoms with E-state index in [4.69, 9.17) is 5.26 Å².